The van der Waals surface area contributed by atoms with Crippen LogP contribution in [0.15, 0.2) is 47.7 Å². The van der Waals surface area contributed by atoms with Crippen LogP contribution < -0.4 is 0 Å². The van der Waals surface area contributed by atoms with Gasteiger partial charge in [-0.1, -0.05) is 71.3 Å². The lowest BCUT2D eigenvalue weighted by atomic mass is 9.91. The first-order valence-corrected chi connectivity index (χ1v) is 9.94. The Morgan fingerprint density at radius 3 is 2.08 bits per heavy atom. The van der Waals surface area contributed by atoms with Crippen molar-refractivity contribution in [1.29, 1.82) is 0 Å². The molecule has 0 saturated heterocycles. The molecule has 1 rings (SSSR count). The number of aromatic nitrogens is 1. The number of hydrogen-bond acceptors (Lipinski definition) is 1. The quantitative estimate of drug-likeness (QED) is 0.437. The van der Waals surface area contributed by atoms with E-state index in [1.54, 1.807) is 0 Å². The molecule has 25 heavy (non-hydrogen) atoms. The van der Waals surface area contributed by atoms with Gasteiger partial charge in [0.05, 0.1) is 0 Å². The van der Waals surface area contributed by atoms with Crippen LogP contribution in [0.4, 0.5) is 0 Å². The lowest BCUT2D eigenvalue weighted by Gasteiger charge is -2.14. The van der Waals surface area contributed by atoms with Gasteiger partial charge in [0.15, 0.2) is 0 Å². The molecule has 0 radical (unpaired) electrons. The molecule has 0 aliphatic heterocycles. The molecule has 0 unspecified atom stereocenters. The number of nitrogens with zero attached hydrogens (tertiary/aromatic N) is 1. The molecule has 0 N–H and O–H groups in total. The fraction of sp³-hybridized carbons (Fsp3) is 0.542. The van der Waals surface area contributed by atoms with Crippen molar-refractivity contribution in [2.75, 3.05) is 0 Å². The first-order chi connectivity index (χ1) is 12.0. The van der Waals surface area contributed by atoms with Gasteiger partial charge >= 0.3 is 0 Å². The van der Waals surface area contributed by atoms with E-state index in [-0.39, 0.29) is 0 Å². The van der Waals surface area contributed by atoms with E-state index in [2.05, 4.69) is 78.2 Å². The zero-order valence-electron chi connectivity index (χ0n) is 17.7. The molecule has 0 amide bonds. The van der Waals surface area contributed by atoms with Crippen molar-refractivity contribution in [3.05, 3.63) is 59.0 Å². The molecule has 140 valence electrons. The Balaban J connectivity index is 0.00000129. The summed E-state index contributed by atoms with van der Waals surface area (Å²) in [5.74, 6) is 0. The van der Waals surface area contributed by atoms with Crippen LogP contribution in [0.3, 0.4) is 0 Å². The summed E-state index contributed by atoms with van der Waals surface area (Å²) in [5.41, 5.74) is 7.33. The Labute approximate surface area is 157 Å². The third-order valence-corrected chi connectivity index (χ3v) is 4.66. The first kappa shape index (κ1) is 23.4. The minimum atomic E-state index is 1.07. The maximum Gasteiger partial charge on any atom is 0.0404 e. The van der Waals surface area contributed by atoms with Crippen LogP contribution in [-0.2, 0) is 6.42 Å². The lowest BCUT2D eigenvalue weighted by molar-refractivity contribution is 0.776. The van der Waals surface area contributed by atoms with Crippen LogP contribution in [0.2, 0.25) is 0 Å². The van der Waals surface area contributed by atoms with E-state index in [1.807, 2.05) is 6.20 Å². The molecule has 1 heteroatoms. The van der Waals surface area contributed by atoms with Crippen molar-refractivity contribution in [1.82, 2.24) is 4.98 Å². The number of hydrogen-bond donors (Lipinski definition) is 0. The molecular formula is C24H39N. The minimum absolute atomic E-state index is 1.07. The van der Waals surface area contributed by atoms with Crippen molar-refractivity contribution in [3.63, 3.8) is 0 Å². The highest BCUT2D eigenvalue weighted by Crippen LogP contribution is 2.29. The fourth-order valence-electron chi connectivity index (χ4n) is 2.33. The Morgan fingerprint density at radius 1 is 1.04 bits per heavy atom. The largest absolute Gasteiger partial charge is 0.261 e. The van der Waals surface area contributed by atoms with Crippen LogP contribution in [0.1, 0.15) is 91.8 Å². The van der Waals surface area contributed by atoms with Gasteiger partial charge in [-0.2, -0.15) is 0 Å². The lowest BCUT2D eigenvalue weighted by Crippen LogP contribution is -1.96. The van der Waals surface area contributed by atoms with Gasteiger partial charge in [0, 0.05) is 17.5 Å². The maximum atomic E-state index is 4.59. The zero-order chi connectivity index (χ0) is 19.2. The van der Waals surface area contributed by atoms with Crippen LogP contribution in [0.25, 0.3) is 5.57 Å². The number of pyridine rings is 1. The maximum absolute atomic E-state index is 4.59. The van der Waals surface area contributed by atoms with Gasteiger partial charge in [-0.3, -0.25) is 4.98 Å². The van der Waals surface area contributed by atoms with E-state index < -0.39 is 0 Å². The van der Waals surface area contributed by atoms with Gasteiger partial charge in [0.2, 0.25) is 0 Å². The van der Waals surface area contributed by atoms with Crippen LogP contribution >= 0.6 is 0 Å². The molecule has 0 spiro atoms. The molecule has 0 aromatic carbocycles. The van der Waals surface area contributed by atoms with Crippen molar-refractivity contribution < 1.29 is 0 Å². The second kappa shape index (κ2) is 13.6. The molecule has 1 nitrogen and oxygen atoms in total. The summed E-state index contributed by atoms with van der Waals surface area (Å²) in [6, 6.07) is 4.32. The molecule has 0 aliphatic carbocycles. The molecule has 0 aliphatic rings. The average Bonchev–Trinajstić information content (AvgIpc) is 2.66. The first-order valence-electron chi connectivity index (χ1n) is 9.94. The minimum Gasteiger partial charge on any atom is -0.261 e. The van der Waals surface area contributed by atoms with Crippen molar-refractivity contribution in [2.24, 2.45) is 0 Å². The molecule has 1 aromatic rings. The number of rotatable bonds is 8. The number of aryl methyl sites for hydroxylation is 1. The Bertz CT molecular complexity index is 556. The summed E-state index contributed by atoms with van der Waals surface area (Å²) in [4.78, 5) is 4.59. The van der Waals surface area contributed by atoms with E-state index in [9.17, 15) is 0 Å². The fourth-order valence-corrected chi connectivity index (χ4v) is 2.33. The van der Waals surface area contributed by atoms with Crippen LogP contribution in [0.5, 0.6) is 0 Å². The van der Waals surface area contributed by atoms with E-state index >= 15 is 0 Å². The highest BCUT2D eigenvalue weighted by molar-refractivity contribution is 5.82. The Hall–Kier alpha value is -1.63. The third-order valence-electron chi connectivity index (χ3n) is 4.66. The summed E-state index contributed by atoms with van der Waals surface area (Å²) in [5, 5.41) is 0. The van der Waals surface area contributed by atoms with Gasteiger partial charge in [0.1, 0.15) is 0 Å². The van der Waals surface area contributed by atoms with Crippen LogP contribution in [0, 0.1) is 0 Å². The normalized spacial score (nSPS) is 12.2. The molecule has 0 atom stereocenters. The number of unbranched alkanes of at least 4 members (excludes halogenated alkanes) is 2. The van der Waals surface area contributed by atoms with E-state index in [1.165, 1.54) is 48.1 Å². The Morgan fingerprint density at radius 2 is 1.68 bits per heavy atom. The topological polar surface area (TPSA) is 12.9 Å². The van der Waals surface area contributed by atoms with Crippen molar-refractivity contribution >= 4 is 5.57 Å². The SMILES string of the molecule is C=C(/C(=C\C)c1ccc(CCCC)nc1)/C(C)=C(\C)CC.CCCC. The van der Waals surface area contributed by atoms with Gasteiger partial charge in [-0.25, -0.2) is 0 Å². The highest BCUT2D eigenvalue weighted by atomic mass is 14.7. The summed E-state index contributed by atoms with van der Waals surface area (Å²) in [7, 11) is 0. The monoisotopic (exact) mass is 341 g/mol. The van der Waals surface area contributed by atoms with Gasteiger partial charge < -0.3 is 0 Å². The van der Waals surface area contributed by atoms with Crippen molar-refractivity contribution in [3.8, 4) is 0 Å². The third kappa shape index (κ3) is 8.34. The molecule has 1 aromatic heterocycles. The predicted octanol–water partition coefficient (Wildman–Crippen LogP) is 7.94. The molecule has 1 heterocycles. The zero-order valence-corrected chi connectivity index (χ0v) is 17.7. The number of allylic oxidation sites excluding steroid dienone is 5. The predicted molar refractivity (Wildman–Crippen MR) is 115 cm³/mol. The standard InChI is InChI=1S/C20H29N.C4H10/c1-7-10-11-19-13-12-18(14-21-19)20(9-3)17(6)16(5)15(4)8-2;1-3-4-2/h9,12-14H,6-8,10-11H2,1-5H3;3-4H2,1-2H3/b16-15+,20-9+;. The highest BCUT2D eigenvalue weighted by Gasteiger charge is 2.09. The summed E-state index contributed by atoms with van der Waals surface area (Å²) >= 11 is 0. The second-order valence-corrected chi connectivity index (χ2v) is 6.58. The molecule has 0 bridgehead atoms. The smallest absolute Gasteiger partial charge is 0.0404 e. The summed E-state index contributed by atoms with van der Waals surface area (Å²) < 4.78 is 0. The van der Waals surface area contributed by atoms with E-state index in [4.69, 9.17) is 0 Å². The van der Waals surface area contributed by atoms with Gasteiger partial charge in [0.25, 0.3) is 0 Å². The summed E-state index contributed by atoms with van der Waals surface area (Å²) in [6.45, 7) is 19.5. The van der Waals surface area contributed by atoms with E-state index in [0.717, 1.165) is 24.0 Å². The Kier molecular flexibility index (Phi) is 12.7. The van der Waals surface area contributed by atoms with Crippen LogP contribution in [-0.4, -0.2) is 4.98 Å². The van der Waals surface area contributed by atoms with Crippen molar-refractivity contribution in [2.45, 2.75) is 87.0 Å². The summed E-state index contributed by atoms with van der Waals surface area (Å²) in [6.07, 6.45) is 11.3. The van der Waals surface area contributed by atoms with Gasteiger partial charge in [-0.15, -0.1) is 0 Å². The molecule has 0 fully saturated rings. The second-order valence-electron chi connectivity index (χ2n) is 6.58. The average molecular weight is 342 g/mol. The van der Waals surface area contributed by atoms with E-state index in [0.29, 0.717) is 0 Å². The van der Waals surface area contributed by atoms with Gasteiger partial charge in [-0.05, 0) is 62.8 Å². The molecule has 0 saturated carbocycles. The molecular weight excluding hydrogens is 302 g/mol.